The van der Waals surface area contributed by atoms with E-state index < -0.39 is 29.3 Å². The molecule has 0 spiro atoms. The Morgan fingerprint density at radius 2 is 1.98 bits per heavy atom. The number of carbonyl (C=O) groups excluding carboxylic acids is 2. The number of aliphatic hydroxyl groups is 1. The number of hydrogen-bond acceptors (Lipinski definition) is 7. The molecule has 0 radical (unpaired) electrons. The molecule has 4 N–H and O–H groups in total. The fourth-order valence-electron chi connectivity index (χ4n) is 6.79. The van der Waals surface area contributed by atoms with Gasteiger partial charge in [0.15, 0.2) is 5.96 Å². The highest BCUT2D eigenvalue weighted by molar-refractivity contribution is 6.00. The van der Waals surface area contributed by atoms with Crippen molar-refractivity contribution in [1.29, 1.82) is 0 Å². The SMILES string of the molecule is CC[C@@]12CC/C=C/c3ccc4c(c3)[C@@H](NC(=O)c3ccc5c(c3)[C@@H](C[C@H]5OC)N(C(=O)C1)C(N)=N2)[C@H](O)C(C)(C)O4. The molecule has 9 nitrogen and oxygen atoms in total. The third kappa shape index (κ3) is 4.61. The molecular weight excluding hydrogens is 520 g/mol. The van der Waals surface area contributed by atoms with E-state index >= 15 is 0 Å². The summed E-state index contributed by atoms with van der Waals surface area (Å²) in [6, 6.07) is 10.2. The van der Waals surface area contributed by atoms with Crippen LogP contribution in [0.1, 0.15) is 104 Å². The molecule has 216 valence electrons. The molecule has 5 aliphatic rings. The van der Waals surface area contributed by atoms with Crippen LogP contribution in [0.5, 0.6) is 5.75 Å². The minimum Gasteiger partial charge on any atom is -0.485 e. The summed E-state index contributed by atoms with van der Waals surface area (Å²) in [5.41, 5.74) is 8.88. The van der Waals surface area contributed by atoms with Gasteiger partial charge in [-0.2, -0.15) is 0 Å². The van der Waals surface area contributed by atoms with Gasteiger partial charge in [0.25, 0.3) is 5.91 Å². The number of benzene rings is 2. The van der Waals surface area contributed by atoms with Gasteiger partial charge in [0.2, 0.25) is 5.91 Å². The summed E-state index contributed by atoms with van der Waals surface area (Å²) < 4.78 is 11.9. The highest BCUT2D eigenvalue weighted by atomic mass is 16.5. The fraction of sp³-hybridized carbons (Fsp3) is 0.469. The number of nitrogens with one attached hydrogen (secondary N) is 1. The van der Waals surface area contributed by atoms with Crippen molar-refractivity contribution in [2.45, 2.75) is 88.3 Å². The van der Waals surface area contributed by atoms with Crippen molar-refractivity contribution in [3.05, 3.63) is 70.3 Å². The van der Waals surface area contributed by atoms with Crippen molar-refractivity contribution in [1.82, 2.24) is 10.2 Å². The predicted octanol–water partition coefficient (Wildman–Crippen LogP) is 4.32. The van der Waals surface area contributed by atoms with E-state index in [0.29, 0.717) is 37.0 Å². The summed E-state index contributed by atoms with van der Waals surface area (Å²) in [6.07, 6.45) is 5.73. The minimum absolute atomic E-state index is 0.0696. The molecule has 1 aliphatic carbocycles. The van der Waals surface area contributed by atoms with E-state index in [0.717, 1.165) is 22.3 Å². The van der Waals surface area contributed by atoms with Crippen molar-refractivity contribution in [3.8, 4) is 5.75 Å². The molecule has 5 atom stereocenters. The van der Waals surface area contributed by atoms with Crippen LogP contribution in [-0.4, -0.2) is 52.1 Å². The molecule has 7 rings (SSSR count). The van der Waals surface area contributed by atoms with Crippen LogP contribution in [0.15, 0.2) is 47.5 Å². The van der Waals surface area contributed by atoms with E-state index in [1.54, 1.807) is 18.1 Å². The zero-order chi connectivity index (χ0) is 29.1. The first kappa shape index (κ1) is 27.5. The summed E-state index contributed by atoms with van der Waals surface area (Å²) in [5.74, 6) is 0.439. The molecule has 4 aliphatic heterocycles. The van der Waals surface area contributed by atoms with E-state index in [4.69, 9.17) is 20.2 Å². The molecule has 4 heterocycles. The van der Waals surface area contributed by atoms with Gasteiger partial charge < -0.3 is 25.6 Å². The van der Waals surface area contributed by atoms with E-state index in [1.165, 1.54) is 0 Å². The lowest BCUT2D eigenvalue weighted by Gasteiger charge is -2.42. The first-order valence-corrected chi connectivity index (χ1v) is 14.4. The van der Waals surface area contributed by atoms with Crippen LogP contribution >= 0.6 is 0 Å². The second kappa shape index (κ2) is 9.99. The van der Waals surface area contributed by atoms with Crippen molar-refractivity contribution < 1.29 is 24.2 Å². The van der Waals surface area contributed by atoms with E-state index in [-0.39, 0.29) is 30.3 Å². The Bertz CT molecular complexity index is 1470. The summed E-state index contributed by atoms with van der Waals surface area (Å²) >= 11 is 0. The number of nitrogens with zero attached hydrogens (tertiary/aromatic N) is 2. The summed E-state index contributed by atoms with van der Waals surface area (Å²) in [4.78, 5) is 34.0. The maximum atomic E-state index is 13.7. The predicted molar refractivity (Wildman–Crippen MR) is 155 cm³/mol. The Morgan fingerprint density at radius 1 is 1.17 bits per heavy atom. The number of guanidine groups is 1. The monoisotopic (exact) mass is 558 g/mol. The van der Waals surface area contributed by atoms with Gasteiger partial charge in [-0.05, 0) is 74.1 Å². The Labute approximate surface area is 240 Å². The topological polar surface area (TPSA) is 126 Å². The molecule has 2 amide bonds. The number of allylic oxidation sites excluding steroid dienone is 1. The van der Waals surface area contributed by atoms with Crippen LogP contribution in [0.2, 0.25) is 0 Å². The van der Waals surface area contributed by atoms with Gasteiger partial charge in [0.1, 0.15) is 17.5 Å². The van der Waals surface area contributed by atoms with E-state index in [9.17, 15) is 14.7 Å². The largest absolute Gasteiger partial charge is 0.485 e. The Morgan fingerprint density at radius 3 is 2.71 bits per heavy atom. The molecule has 0 saturated heterocycles. The zero-order valence-electron chi connectivity index (χ0n) is 24.0. The molecule has 6 bridgehead atoms. The van der Waals surface area contributed by atoms with Crippen LogP contribution < -0.4 is 15.8 Å². The average molecular weight is 559 g/mol. The van der Waals surface area contributed by atoms with Gasteiger partial charge in [0, 0.05) is 24.7 Å². The second-order valence-electron chi connectivity index (χ2n) is 12.1. The summed E-state index contributed by atoms with van der Waals surface area (Å²) in [5, 5.41) is 14.4. The van der Waals surface area contributed by atoms with Crippen LogP contribution in [0.3, 0.4) is 0 Å². The number of amides is 2. The summed E-state index contributed by atoms with van der Waals surface area (Å²) in [7, 11) is 1.64. The second-order valence-corrected chi connectivity index (χ2v) is 12.1. The third-order valence-electron chi connectivity index (χ3n) is 9.24. The van der Waals surface area contributed by atoms with Crippen molar-refractivity contribution >= 4 is 23.8 Å². The average Bonchev–Trinajstić information content (AvgIpc) is 3.30. The van der Waals surface area contributed by atoms with Gasteiger partial charge in [-0.3, -0.25) is 14.5 Å². The number of nitrogens with two attached hydrogens (primary N) is 1. The van der Waals surface area contributed by atoms with Gasteiger partial charge in [-0.25, -0.2) is 4.99 Å². The van der Waals surface area contributed by atoms with Gasteiger partial charge in [-0.15, -0.1) is 0 Å². The van der Waals surface area contributed by atoms with Crippen molar-refractivity contribution in [2.75, 3.05) is 7.11 Å². The number of aliphatic imine (C=N–C) groups is 1. The van der Waals surface area contributed by atoms with Gasteiger partial charge in [0.05, 0.1) is 30.1 Å². The Hall–Kier alpha value is -3.69. The number of rotatable bonds is 2. The van der Waals surface area contributed by atoms with Crippen LogP contribution in [0.25, 0.3) is 6.08 Å². The molecule has 0 saturated carbocycles. The highest BCUT2D eigenvalue weighted by Gasteiger charge is 2.46. The molecule has 41 heavy (non-hydrogen) atoms. The van der Waals surface area contributed by atoms with Crippen molar-refractivity contribution in [3.63, 3.8) is 0 Å². The van der Waals surface area contributed by atoms with E-state index in [2.05, 4.69) is 11.4 Å². The lowest BCUT2D eigenvalue weighted by molar-refractivity contribution is -0.131. The molecule has 2 aromatic carbocycles. The molecule has 0 aromatic heterocycles. The minimum atomic E-state index is -0.983. The van der Waals surface area contributed by atoms with Gasteiger partial charge >= 0.3 is 0 Å². The molecule has 9 heteroatoms. The molecular formula is C32H38N4O5. The van der Waals surface area contributed by atoms with Crippen LogP contribution in [0.4, 0.5) is 0 Å². The number of methoxy groups -OCH3 is 1. The lowest BCUT2D eigenvalue weighted by atomic mass is 9.84. The number of aliphatic hydroxyl groups excluding tert-OH is 1. The molecule has 0 fully saturated rings. The first-order valence-electron chi connectivity index (χ1n) is 14.4. The Balaban J connectivity index is 1.49. The fourth-order valence-corrected chi connectivity index (χ4v) is 6.79. The molecule has 0 unspecified atom stereocenters. The first-order chi connectivity index (χ1) is 19.6. The normalized spacial score (nSPS) is 31.0. The number of ether oxygens (including phenoxy) is 2. The smallest absolute Gasteiger partial charge is 0.251 e. The number of carbonyl (C=O) groups is 2. The lowest BCUT2D eigenvalue weighted by Crippen LogP contribution is -2.53. The maximum absolute atomic E-state index is 13.7. The number of fused-ring (bicyclic) bond motifs is 4. The highest BCUT2D eigenvalue weighted by Crippen LogP contribution is 2.47. The van der Waals surface area contributed by atoms with Crippen molar-refractivity contribution in [2.24, 2.45) is 10.7 Å². The van der Waals surface area contributed by atoms with Gasteiger partial charge in [-0.1, -0.05) is 31.2 Å². The Kier molecular flexibility index (Phi) is 6.70. The van der Waals surface area contributed by atoms with Crippen LogP contribution in [0, 0.1) is 0 Å². The van der Waals surface area contributed by atoms with Crippen LogP contribution in [-0.2, 0) is 9.53 Å². The summed E-state index contributed by atoms with van der Waals surface area (Å²) in [6.45, 7) is 5.67. The number of hydrogen-bond donors (Lipinski definition) is 3. The molecule has 2 aromatic rings. The van der Waals surface area contributed by atoms with E-state index in [1.807, 2.05) is 57.2 Å². The standard InChI is InChI=1S/C32H38N4O5/c1-5-32-13-7-6-8-18-9-12-24-22(14-18)27(28(38)31(2,3)41-24)34-29(39)19-10-11-20-21(15-19)23(16-25(20)40-4)36(26(37)17-32)30(33)35-32/h6,8-12,14-15,23,25,27-28,38H,5,7,13,16-17H2,1-4H3,(H2,33,35)(H,34,39)/b8-6+/t23-,25-,27-,28+,32-/m1/s1. The third-order valence-corrected chi connectivity index (χ3v) is 9.24. The quantitative estimate of drug-likeness (QED) is 0.504. The maximum Gasteiger partial charge on any atom is 0.251 e. The zero-order valence-corrected chi connectivity index (χ0v) is 24.0.